The highest BCUT2D eigenvalue weighted by atomic mass is 16.5. The minimum absolute atomic E-state index is 0.0160. The van der Waals surface area contributed by atoms with Crippen LogP contribution in [0.2, 0.25) is 0 Å². The first-order valence-electron chi connectivity index (χ1n) is 14.3. The number of hydrogen-bond donors (Lipinski definition) is 2. The van der Waals surface area contributed by atoms with Crippen LogP contribution in [0.25, 0.3) is 10.9 Å². The molecule has 5 heterocycles. The second-order valence-corrected chi connectivity index (χ2v) is 11.1. The van der Waals surface area contributed by atoms with E-state index >= 15 is 0 Å². The van der Waals surface area contributed by atoms with Gasteiger partial charge in [0.25, 0.3) is 11.5 Å². The van der Waals surface area contributed by atoms with Gasteiger partial charge in [-0.15, -0.1) is 0 Å². The molecule has 10 heteroatoms. The number of rotatable bonds is 4. The number of pyridine rings is 2. The van der Waals surface area contributed by atoms with Crippen molar-refractivity contribution in [2.45, 2.75) is 38.8 Å². The molecule has 1 amide bonds. The monoisotopic (exact) mass is 547 g/mol. The van der Waals surface area contributed by atoms with Gasteiger partial charge in [-0.3, -0.25) is 9.59 Å². The lowest BCUT2D eigenvalue weighted by atomic mass is 9.83. The number of ether oxygens (including phenoxy) is 3. The molecule has 0 radical (unpaired) electrons. The van der Waals surface area contributed by atoms with Gasteiger partial charge in [-0.1, -0.05) is 0 Å². The van der Waals surface area contributed by atoms with Crippen LogP contribution < -0.4 is 25.7 Å². The molecule has 2 aromatic heterocycles. The van der Waals surface area contributed by atoms with E-state index in [2.05, 4.69) is 20.5 Å². The number of benzene rings is 1. The molecule has 4 bridgehead atoms. The van der Waals surface area contributed by atoms with Gasteiger partial charge < -0.3 is 34.3 Å². The SMILES string of the molecule is O=C1COc2ccc(CNCC34CCOCCCCOc5ccc6ccc(=O)n(c6c5)CCN(CC3)C4)nc2N1. The van der Waals surface area contributed by atoms with E-state index < -0.39 is 0 Å². The van der Waals surface area contributed by atoms with E-state index in [-0.39, 0.29) is 23.5 Å². The topological polar surface area (TPSA) is 107 Å². The fourth-order valence-corrected chi connectivity index (χ4v) is 5.93. The van der Waals surface area contributed by atoms with Crippen LogP contribution in [0.3, 0.4) is 0 Å². The Hall–Kier alpha value is -3.47. The van der Waals surface area contributed by atoms with Gasteiger partial charge in [-0.05, 0) is 73.4 Å². The second kappa shape index (κ2) is 12.0. The van der Waals surface area contributed by atoms with E-state index in [0.717, 1.165) is 87.4 Å². The van der Waals surface area contributed by atoms with Crippen molar-refractivity contribution < 1.29 is 19.0 Å². The third-order valence-corrected chi connectivity index (χ3v) is 8.19. The van der Waals surface area contributed by atoms with Crippen molar-refractivity contribution in [3.05, 3.63) is 58.5 Å². The number of nitrogens with zero attached hydrogens (tertiary/aromatic N) is 3. The Kier molecular flexibility index (Phi) is 7.99. The molecule has 10 nitrogen and oxygen atoms in total. The number of nitrogens with one attached hydrogen (secondary N) is 2. The van der Waals surface area contributed by atoms with Crippen molar-refractivity contribution in [3.8, 4) is 11.5 Å². The number of fused-ring (bicyclic) bond motifs is 4. The van der Waals surface area contributed by atoms with Crippen LogP contribution in [0.15, 0.2) is 47.3 Å². The van der Waals surface area contributed by atoms with Crippen LogP contribution in [0.5, 0.6) is 11.5 Å². The first-order chi connectivity index (χ1) is 19.6. The number of anilines is 1. The van der Waals surface area contributed by atoms with E-state index in [1.54, 1.807) is 6.07 Å². The largest absolute Gasteiger partial charge is 0.494 e. The van der Waals surface area contributed by atoms with Gasteiger partial charge in [0, 0.05) is 58.1 Å². The lowest BCUT2D eigenvalue weighted by Gasteiger charge is -2.30. The van der Waals surface area contributed by atoms with Gasteiger partial charge in [0.05, 0.1) is 17.8 Å². The molecule has 212 valence electrons. The summed E-state index contributed by atoms with van der Waals surface area (Å²) >= 11 is 0. The number of carbonyl (C=O) groups excluding carboxylic acids is 1. The van der Waals surface area contributed by atoms with Crippen LogP contribution in [0, 0.1) is 5.41 Å². The molecule has 3 aromatic rings. The Morgan fingerprint density at radius 2 is 1.85 bits per heavy atom. The van der Waals surface area contributed by atoms with Gasteiger partial charge in [-0.25, -0.2) is 4.98 Å². The van der Waals surface area contributed by atoms with Gasteiger partial charge in [0.2, 0.25) is 0 Å². The average molecular weight is 548 g/mol. The summed E-state index contributed by atoms with van der Waals surface area (Å²) in [7, 11) is 0. The first-order valence-corrected chi connectivity index (χ1v) is 14.3. The Balaban J connectivity index is 1.15. The summed E-state index contributed by atoms with van der Waals surface area (Å²) < 4.78 is 19.4. The molecule has 0 spiro atoms. The lowest BCUT2D eigenvalue weighted by molar-refractivity contribution is -0.118. The molecule has 6 rings (SSSR count). The highest BCUT2D eigenvalue weighted by molar-refractivity contribution is 5.94. The summed E-state index contributed by atoms with van der Waals surface area (Å²) in [5.74, 6) is 1.70. The predicted octanol–water partition coefficient (Wildman–Crippen LogP) is 2.79. The zero-order chi connectivity index (χ0) is 27.4. The lowest BCUT2D eigenvalue weighted by Crippen LogP contribution is -2.39. The van der Waals surface area contributed by atoms with Crippen LogP contribution in [-0.2, 0) is 22.6 Å². The minimum atomic E-state index is -0.185. The smallest absolute Gasteiger partial charge is 0.263 e. The fourth-order valence-electron chi connectivity index (χ4n) is 5.93. The van der Waals surface area contributed by atoms with Crippen LogP contribution in [0.4, 0.5) is 5.82 Å². The van der Waals surface area contributed by atoms with Crippen molar-refractivity contribution in [3.63, 3.8) is 0 Å². The zero-order valence-corrected chi connectivity index (χ0v) is 22.8. The maximum absolute atomic E-state index is 12.9. The van der Waals surface area contributed by atoms with Crippen molar-refractivity contribution in [1.29, 1.82) is 0 Å². The summed E-state index contributed by atoms with van der Waals surface area (Å²) in [4.78, 5) is 31.6. The van der Waals surface area contributed by atoms with Crippen molar-refractivity contribution in [2.24, 2.45) is 5.41 Å². The number of hydrogen-bond acceptors (Lipinski definition) is 8. The third-order valence-electron chi connectivity index (χ3n) is 8.19. The standard InChI is InChI=1S/C30H37N5O5/c36-27-19-40-26-7-5-23(32-29(26)33-27)18-31-20-30-9-11-34(21-30)12-13-35-25-17-24(6-3-22(25)4-8-28(35)37)39-15-2-1-14-38-16-10-30/h3-8,17,31H,1-2,9-16,18-21H2,(H,32,33,36). The van der Waals surface area contributed by atoms with Gasteiger partial charge in [0.1, 0.15) is 5.75 Å². The van der Waals surface area contributed by atoms with Crippen LogP contribution >= 0.6 is 0 Å². The molecule has 2 N–H and O–H groups in total. The normalized spacial score (nSPS) is 23.6. The summed E-state index contributed by atoms with van der Waals surface area (Å²) in [6.07, 6.45) is 3.89. The molecular weight excluding hydrogens is 510 g/mol. The second-order valence-electron chi connectivity index (χ2n) is 11.1. The van der Waals surface area contributed by atoms with Crippen LogP contribution in [0.1, 0.15) is 31.4 Å². The van der Waals surface area contributed by atoms with E-state index in [9.17, 15) is 9.59 Å². The Bertz CT molecular complexity index is 1430. The van der Waals surface area contributed by atoms with Gasteiger partial charge in [-0.2, -0.15) is 0 Å². The Labute approximate surface area is 233 Å². The Morgan fingerprint density at radius 1 is 0.950 bits per heavy atom. The molecule has 2 unspecified atom stereocenters. The average Bonchev–Trinajstić information content (AvgIpc) is 3.36. The van der Waals surface area contributed by atoms with E-state index in [1.807, 2.05) is 41.0 Å². The molecule has 1 aromatic carbocycles. The predicted molar refractivity (Wildman–Crippen MR) is 152 cm³/mol. The van der Waals surface area contributed by atoms with Gasteiger partial charge >= 0.3 is 0 Å². The molecule has 2 atom stereocenters. The van der Waals surface area contributed by atoms with Crippen molar-refractivity contribution >= 4 is 22.6 Å². The first kappa shape index (κ1) is 26.7. The summed E-state index contributed by atoms with van der Waals surface area (Å²) in [5.41, 5.74) is 1.86. The highest BCUT2D eigenvalue weighted by Crippen LogP contribution is 2.34. The molecular formula is C30H37N5O5. The Morgan fingerprint density at radius 3 is 2.80 bits per heavy atom. The maximum Gasteiger partial charge on any atom is 0.263 e. The third kappa shape index (κ3) is 6.14. The zero-order valence-electron chi connectivity index (χ0n) is 22.8. The summed E-state index contributed by atoms with van der Waals surface area (Å²) in [5, 5.41) is 7.45. The van der Waals surface area contributed by atoms with E-state index in [4.69, 9.17) is 14.2 Å². The summed E-state index contributed by atoms with van der Waals surface area (Å²) in [6, 6.07) is 13.4. The highest BCUT2D eigenvalue weighted by Gasteiger charge is 2.37. The maximum atomic E-state index is 12.9. The number of aromatic nitrogens is 2. The van der Waals surface area contributed by atoms with Gasteiger partial charge in [0.15, 0.2) is 18.2 Å². The number of carbonyl (C=O) groups is 1. The summed E-state index contributed by atoms with van der Waals surface area (Å²) in [6.45, 7) is 6.88. The minimum Gasteiger partial charge on any atom is -0.494 e. The van der Waals surface area contributed by atoms with Crippen molar-refractivity contribution in [2.75, 3.05) is 57.9 Å². The fraction of sp³-hybridized carbons (Fsp3) is 0.500. The van der Waals surface area contributed by atoms with Crippen LogP contribution in [-0.4, -0.2) is 73.0 Å². The van der Waals surface area contributed by atoms with Crippen molar-refractivity contribution in [1.82, 2.24) is 19.8 Å². The molecule has 0 saturated carbocycles. The molecule has 1 fully saturated rings. The molecule has 0 aliphatic carbocycles. The molecule has 3 aliphatic rings. The van der Waals surface area contributed by atoms with E-state index in [1.165, 1.54) is 0 Å². The molecule has 1 saturated heterocycles. The number of amides is 1. The quantitative estimate of drug-likeness (QED) is 0.514. The van der Waals surface area contributed by atoms with E-state index in [0.29, 0.717) is 31.3 Å². The molecule has 3 aliphatic heterocycles. The molecule has 40 heavy (non-hydrogen) atoms.